The second-order valence-corrected chi connectivity index (χ2v) is 4.97. The molecule has 3 heteroatoms. The molecule has 0 amide bonds. The summed E-state index contributed by atoms with van der Waals surface area (Å²) < 4.78 is 5.42. The first-order valence-corrected chi connectivity index (χ1v) is 7.12. The van der Waals surface area contributed by atoms with E-state index in [1.807, 2.05) is 55.5 Å². The number of hydrogen-bond donors (Lipinski definition) is 1. The fourth-order valence-corrected chi connectivity index (χ4v) is 2.56. The van der Waals surface area contributed by atoms with Gasteiger partial charge in [0.1, 0.15) is 17.2 Å². The lowest BCUT2D eigenvalue weighted by Crippen LogP contribution is -1.92. The molecule has 0 saturated carbocycles. The number of rotatable bonds is 3. The summed E-state index contributed by atoms with van der Waals surface area (Å²) in [4.78, 5) is 4.46. The fraction of sp³-hybridized carbons (Fsp3) is 0.105. The van der Waals surface area contributed by atoms with Crippen LogP contribution in [0.25, 0.3) is 27.8 Å². The third kappa shape index (κ3) is 2.42. The monoisotopic (exact) mass is 291 g/mol. The van der Waals surface area contributed by atoms with Crippen molar-refractivity contribution in [1.82, 2.24) is 4.98 Å². The summed E-state index contributed by atoms with van der Waals surface area (Å²) in [5, 5.41) is 12.1. The van der Waals surface area contributed by atoms with Crippen LogP contribution in [-0.2, 0) is 0 Å². The van der Waals surface area contributed by atoms with E-state index in [2.05, 4.69) is 4.98 Å². The summed E-state index contributed by atoms with van der Waals surface area (Å²) in [5.74, 6) is 1.00. The first-order valence-electron chi connectivity index (χ1n) is 7.12. The summed E-state index contributed by atoms with van der Waals surface area (Å²) in [5.41, 5.74) is 2.57. The van der Waals surface area contributed by atoms with Crippen molar-refractivity contribution >= 4 is 16.5 Å². The Morgan fingerprint density at radius 1 is 1.14 bits per heavy atom. The molecule has 3 nitrogen and oxygen atoms in total. The van der Waals surface area contributed by atoms with Crippen LogP contribution in [0.2, 0.25) is 0 Å². The number of aliphatic hydroxyl groups is 1. The minimum atomic E-state index is 0.268. The highest BCUT2D eigenvalue weighted by molar-refractivity contribution is 5.98. The Hall–Kier alpha value is -2.81. The number of aromatic nitrogens is 1. The van der Waals surface area contributed by atoms with Gasteiger partial charge < -0.3 is 9.84 Å². The molecule has 3 aromatic rings. The van der Waals surface area contributed by atoms with Crippen LogP contribution in [0.1, 0.15) is 12.5 Å². The zero-order valence-corrected chi connectivity index (χ0v) is 12.6. The highest BCUT2D eigenvalue weighted by atomic mass is 16.5. The van der Waals surface area contributed by atoms with Gasteiger partial charge in [-0.05, 0) is 42.0 Å². The summed E-state index contributed by atoms with van der Waals surface area (Å²) in [6, 6.07) is 15.7. The van der Waals surface area contributed by atoms with Gasteiger partial charge in [0.25, 0.3) is 0 Å². The van der Waals surface area contributed by atoms with Gasteiger partial charge in [0.05, 0.1) is 7.11 Å². The lowest BCUT2D eigenvalue weighted by molar-refractivity contribution is 0.415. The maximum absolute atomic E-state index is 9.97. The van der Waals surface area contributed by atoms with Gasteiger partial charge in [0, 0.05) is 17.3 Å². The number of fused-ring (bicyclic) bond motifs is 1. The standard InChI is InChI=1S/C19H17NO2/c1-3-17(21)14-10-9-13-6-4-7-15(16(13)12-14)19-18(22-2)8-5-11-20-19/h3-12,21H,1-2H3. The lowest BCUT2D eigenvalue weighted by Gasteiger charge is -2.11. The van der Waals surface area contributed by atoms with Crippen LogP contribution in [0.3, 0.4) is 0 Å². The molecule has 0 atom stereocenters. The third-order valence-electron chi connectivity index (χ3n) is 3.70. The highest BCUT2D eigenvalue weighted by Gasteiger charge is 2.11. The van der Waals surface area contributed by atoms with Gasteiger partial charge in [-0.25, -0.2) is 0 Å². The summed E-state index contributed by atoms with van der Waals surface area (Å²) in [7, 11) is 1.64. The van der Waals surface area contributed by atoms with E-state index in [1.54, 1.807) is 19.4 Å². The molecule has 0 fully saturated rings. The minimum Gasteiger partial charge on any atom is -0.508 e. The van der Waals surface area contributed by atoms with Crippen LogP contribution in [0, 0.1) is 0 Å². The molecule has 0 unspecified atom stereocenters. The van der Waals surface area contributed by atoms with Crippen LogP contribution in [-0.4, -0.2) is 17.2 Å². The molecule has 0 saturated heterocycles. The average Bonchev–Trinajstić information content (AvgIpc) is 2.60. The molecule has 0 aliphatic rings. The number of benzene rings is 2. The molecule has 0 aliphatic heterocycles. The first-order chi connectivity index (χ1) is 10.7. The number of hydrogen-bond acceptors (Lipinski definition) is 3. The van der Waals surface area contributed by atoms with Crippen molar-refractivity contribution in [2.45, 2.75) is 6.92 Å². The summed E-state index contributed by atoms with van der Waals surface area (Å²) >= 11 is 0. The molecule has 3 rings (SSSR count). The van der Waals surface area contributed by atoms with Gasteiger partial charge in [-0.3, -0.25) is 4.98 Å². The van der Waals surface area contributed by atoms with Gasteiger partial charge >= 0.3 is 0 Å². The van der Waals surface area contributed by atoms with E-state index < -0.39 is 0 Å². The predicted octanol–water partition coefficient (Wildman–Crippen LogP) is 4.83. The van der Waals surface area contributed by atoms with Crippen LogP contribution in [0.4, 0.5) is 0 Å². The molecule has 110 valence electrons. The Balaban J connectivity index is 2.29. The number of pyridine rings is 1. The van der Waals surface area contributed by atoms with Gasteiger partial charge in [-0.2, -0.15) is 0 Å². The van der Waals surface area contributed by atoms with Crippen molar-refractivity contribution in [2.75, 3.05) is 7.11 Å². The molecular weight excluding hydrogens is 274 g/mol. The topological polar surface area (TPSA) is 42.4 Å². The quantitative estimate of drug-likeness (QED) is 0.703. The van der Waals surface area contributed by atoms with Gasteiger partial charge in [-0.15, -0.1) is 0 Å². The molecule has 2 aromatic carbocycles. The molecule has 0 aliphatic carbocycles. The lowest BCUT2D eigenvalue weighted by atomic mass is 9.98. The molecule has 0 spiro atoms. The first kappa shape index (κ1) is 14.1. The Morgan fingerprint density at radius 3 is 2.77 bits per heavy atom. The third-order valence-corrected chi connectivity index (χ3v) is 3.70. The maximum atomic E-state index is 9.97. The van der Waals surface area contributed by atoms with E-state index in [9.17, 15) is 5.11 Å². The molecule has 1 N–H and O–H groups in total. The van der Waals surface area contributed by atoms with Crippen molar-refractivity contribution in [3.05, 3.63) is 66.4 Å². The van der Waals surface area contributed by atoms with Gasteiger partial charge in [0.2, 0.25) is 0 Å². The van der Waals surface area contributed by atoms with Crippen molar-refractivity contribution in [1.29, 1.82) is 0 Å². The van der Waals surface area contributed by atoms with Gasteiger partial charge in [0.15, 0.2) is 0 Å². The smallest absolute Gasteiger partial charge is 0.145 e. The van der Waals surface area contributed by atoms with Crippen LogP contribution in [0.5, 0.6) is 5.75 Å². The second-order valence-electron chi connectivity index (χ2n) is 4.97. The molecule has 0 radical (unpaired) electrons. The predicted molar refractivity (Wildman–Crippen MR) is 90.0 cm³/mol. The largest absolute Gasteiger partial charge is 0.508 e. The van der Waals surface area contributed by atoms with Crippen molar-refractivity contribution < 1.29 is 9.84 Å². The second kappa shape index (κ2) is 5.90. The van der Waals surface area contributed by atoms with Gasteiger partial charge in [-0.1, -0.05) is 30.3 Å². The molecular formula is C19H17NO2. The Labute approximate surface area is 129 Å². The number of allylic oxidation sites excluding steroid dienone is 1. The van der Waals surface area contributed by atoms with Crippen LogP contribution >= 0.6 is 0 Å². The number of methoxy groups -OCH3 is 1. The Kier molecular flexibility index (Phi) is 3.79. The van der Waals surface area contributed by atoms with E-state index in [-0.39, 0.29) is 5.76 Å². The van der Waals surface area contributed by atoms with E-state index in [4.69, 9.17) is 4.74 Å². The number of aliphatic hydroxyl groups excluding tert-OH is 1. The van der Waals surface area contributed by atoms with Crippen molar-refractivity contribution in [3.63, 3.8) is 0 Å². The summed E-state index contributed by atoms with van der Waals surface area (Å²) in [6.45, 7) is 1.81. The molecule has 1 aromatic heterocycles. The normalized spacial score (nSPS) is 11.6. The van der Waals surface area contributed by atoms with Crippen LogP contribution < -0.4 is 4.74 Å². The fourth-order valence-electron chi connectivity index (χ4n) is 2.56. The highest BCUT2D eigenvalue weighted by Crippen LogP contribution is 2.34. The molecule has 0 bridgehead atoms. The zero-order valence-electron chi connectivity index (χ0n) is 12.6. The van der Waals surface area contributed by atoms with Crippen molar-refractivity contribution in [3.8, 4) is 17.0 Å². The van der Waals surface area contributed by atoms with E-state index in [1.165, 1.54) is 0 Å². The van der Waals surface area contributed by atoms with E-state index in [0.29, 0.717) is 0 Å². The number of ether oxygens (including phenoxy) is 1. The Morgan fingerprint density at radius 2 is 2.00 bits per heavy atom. The zero-order chi connectivity index (χ0) is 15.5. The molecule has 22 heavy (non-hydrogen) atoms. The van der Waals surface area contributed by atoms with E-state index in [0.717, 1.165) is 33.3 Å². The SMILES string of the molecule is CC=C(O)c1ccc2cccc(-c3ncccc3OC)c2c1. The minimum absolute atomic E-state index is 0.268. The summed E-state index contributed by atoms with van der Waals surface area (Å²) in [6.07, 6.45) is 3.44. The average molecular weight is 291 g/mol. The Bertz CT molecular complexity index is 853. The van der Waals surface area contributed by atoms with Crippen molar-refractivity contribution in [2.24, 2.45) is 0 Å². The molecule has 1 heterocycles. The maximum Gasteiger partial charge on any atom is 0.145 e. The van der Waals surface area contributed by atoms with Crippen LogP contribution in [0.15, 0.2) is 60.8 Å². The van der Waals surface area contributed by atoms with E-state index >= 15 is 0 Å². The number of nitrogens with zero attached hydrogens (tertiary/aromatic N) is 1.